The van der Waals surface area contributed by atoms with Gasteiger partial charge in [-0.1, -0.05) is 0 Å². The Morgan fingerprint density at radius 2 is 1.72 bits per heavy atom. The highest BCUT2D eigenvalue weighted by molar-refractivity contribution is 5.45. The molecule has 1 aliphatic heterocycles. The molecule has 146 valence electrons. The van der Waals surface area contributed by atoms with E-state index in [-0.39, 0.29) is 0 Å². The van der Waals surface area contributed by atoms with Crippen molar-refractivity contribution in [2.45, 2.75) is 12.8 Å². The van der Waals surface area contributed by atoms with E-state index in [2.05, 4.69) is 38.1 Å². The summed E-state index contributed by atoms with van der Waals surface area (Å²) in [6, 6.07) is 8.09. The van der Waals surface area contributed by atoms with Crippen molar-refractivity contribution < 1.29 is 4.74 Å². The van der Waals surface area contributed by atoms with E-state index in [1.807, 2.05) is 22.9 Å². The molecule has 5 rings (SSSR count). The lowest BCUT2D eigenvalue weighted by Crippen LogP contribution is -2.37. The number of hydrogen-bond acceptors (Lipinski definition) is 7. The van der Waals surface area contributed by atoms with E-state index in [4.69, 9.17) is 14.7 Å². The van der Waals surface area contributed by atoms with Crippen molar-refractivity contribution in [3.8, 4) is 0 Å². The molecule has 1 fully saturated rings. The number of aromatic nitrogens is 6. The van der Waals surface area contributed by atoms with Gasteiger partial charge in [-0.3, -0.25) is 0 Å². The van der Waals surface area contributed by atoms with Crippen LogP contribution in [0.3, 0.4) is 0 Å². The number of rotatable bonds is 5. The van der Waals surface area contributed by atoms with Crippen LogP contribution in [-0.2, 0) is 17.6 Å². The monoisotopic (exact) mass is 387 g/mol. The van der Waals surface area contributed by atoms with Gasteiger partial charge in [0.05, 0.1) is 25.3 Å². The number of fused-ring (bicyclic) bond motifs is 1. The number of hydrogen-bond donors (Lipinski definition) is 0. The first-order chi connectivity index (χ1) is 14.3. The molecule has 0 unspecified atom stereocenters. The van der Waals surface area contributed by atoms with Crippen LogP contribution in [0.15, 0.2) is 55.2 Å². The van der Waals surface area contributed by atoms with Gasteiger partial charge in [0.2, 0.25) is 0 Å². The third-order valence-corrected chi connectivity index (χ3v) is 4.93. The van der Waals surface area contributed by atoms with E-state index < -0.39 is 0 Å². The second-order valence-corrected chi connectivity index (χ2v) is 6.98. The zero-order valence-corrected chi connectivity index (χ0v) is 16.0. The van der Waals surface area contributed by atoms with E-state index in [1.54, 1.807) is 18.6 Å². The molecule has 8 nitrogen and oxygen atoms in total. The molecule has 0 aromatic carbocycles. The lowest BCUT2D eigenvalue weighted by Gasteiger charge is -2.28. The molecule has 1 aliphatic rings. The summed E-state index contributed by atoms with van der Waals surface area (Å²) in [5.74, 6) is 2.39. The summed E-state index contributed by atoms with van der Waals surface area (Å²) < 4.78 is 7.49. The summed E-state index contributed by atoms with van der Waals surface area (Å²) in [6.07, 6.45) is 10.5. The highest BCUT2D eigenvalue weighted by atomic mass is 16.5. The fourth-order valence-corrected chi connectivity index (χ4v) is 3.49. The molecule has 0 atom stereocenters. The number of nitrogens with zero attached hydrogens (tertiary/aromatic N) is 7. The van der Waals surface area contributed by atoms with Gasteiger partial charge in [0, 0.05) is 56.6 Å². The topological polar surface area (TPSA) is 81.3 Å². The predicted octanol–water partition coefficient (Wildman–Crippen LogP) is 1.93. The zero-order valence-electron chi connectivity index (χ0n) is 16.0. The van der Waals surface area contributed by atoms with E-state index in [0.29, 0.717) is 26.1 Å². The lowest BCUT2D eigenvalue weighted by molar-refractivity contribution is 0.122. The maximum Gasteiger partial charge on any atom is 0.138 e. The second kappa shape index (κ2) is 7.92. The Balaban J connectivity index is 1.47. The van der Waals surface area contributed by atoms with Crippen LogP contribution in [0.1, 0.15) is 22.9 Å². The third-order valence-electron chi connectivity index (χ3n) is 4.93. The predicted molar refractivity (Wildman–Crippen MR) is 108 cm³/mol. The van der Waals surface area contributed by atoms with Crippen LogP contribution >= 0.6 is 0 Å². The van der Waals surface area contributed by atoms with Gasteiger partial charge in [-0.05, 0) is 23.8 Å². The normalized spacial score (nSPS) is 14.4. The largest absolute Gasteiger partial charge is 0.378 e. The molecule has 0 aliphatic carbocycles. The maximum atomic E-state index is 5.49. The first kappa shape index (κ1) is 17.7. The number of imidazole rings is 1. The van der Waals surface area contributed by atoms with Crippen molar-refractivity contribution in [1.29, 1.82) is 0 Å². The lowest BCUT2D eigenvalue weighted by atomic mass is 10.1. The zero-order chi connectivity index (χ0) is 19.5. The summed E-state index contributed by atoms with van der Waals surface area (Å²) in [5, 5.41) is 0. The highest BCUT2D eigenvalue weighted by Gasteiger charge is 2.16. The fraction of sp³-hybridized carbons (Fsp3) is 0.286. The van der Waals surface area contributed by atoms with E-state index in [0.717, 1.165) is 47.5 Å². The van der Waals surface area contributed by atoms with Gasteiger partial charge in [-0.2, -0.15) is 0 Å². The molecular weight excluding hydrogens is 366 g/mol. The minimum atomic E-state index is 0.505. The average Bonchev–Trinajstić information content (AvgIpc) is 3.23. The quantitative estimate of drug-likeness (QED) is 0.518. The van der Waals surface area contributed by atoms with Crippen LogP contribution in [0.25, 0.3) is 5.65 Å². The van der Waals surface area contributed by atoms with Crippen molar-refractivity contribution in [3.63, 3.8) is 0 Å². The fourth-order valence-electron chi connectivity index (χ4n) is 3.49. The Bertz CT molecular complexity index is 1110. The minimum absolute atomic E-state index is 0.505. The number of ether oxygens (including phenoxy) is 1. The standard InChI is InChI=1S/C21H21N7O/c1-3-22-18(23-4-1)15-19-25-17(14-21(26-19)28-8-10-29-11-9-28)12-16-2-6-27-7-5-24-20(27)13-16/h1-7,13-14H,8-12,15H2. The molecule has 1 saturated heterocycles. The Morgan fingerprint density at radius 3 is 2.59 bits per heavy atom. The van der Waals surface area contributed by atoms with Gasteiger partial charge in [0.1, 0.15) is 23.1 Å². The highest BCUT2D eigenvalue weighted by Crippen LogP contribution is 2.18. The van der Waals surface area contributed by atoms with Crippen molar-refractivity contribution in [1.82, 2.24) is 29.3 Å². The van der Waals surface area contributed by atoms with Crippen LogP contribution in [-0.4, -0.2) is 55.6 Å². The van der Waals surface area contributed by atoms with Crippen molar-refractivity contribution in [2.75, 3.05) is 31.2 Å². The molecule has 4 aromatic rings. The Labute approximate surface area is 168 Å². The Hall–Kier alpha value is -3.39. The first-order valence-electron chi connectivity index (χ1n) is 9.70. The van der Waals surface area contributed by atoms with Crippen LogP contribution in [0.2, 0.25) is 0 Å². The number of pyridine rings is 1. The Morgan fingerprint density at radius 1 is 0.862 bits per heavy atom. The van der Waals surface area contributed by atoms with Crippen LogP contribution < -0.4 is 4.90 Å². The molecule has 5 heterocycles. The van der Waals surface area contributed by atoms with E-state index in [9.17, 15) is 0 Å². The van der Waals surface area contributed by atoms with Crippen LogP contribution in [0, 0.1) is 0 Å². The van der Waals surface area contributed by atoms with Gasteiger partial charge in [-0.25, -0.2) is 24.9 Å². The van der Waals surface area contributed by atoms with Crippen LogP contribution in [0.4, 0.5) is 5.82 Å². The maximum absolute atomic E-state index is 5.49. The van der Waals surface area contributed by atoms with Crippen molar-refractivity contribution >= 4 is 11.5 Å². The Kier molecular flexibility index (Phi) is 4.83. The van der Waals surface area contributed by atoms with Crippen LogP contribution in [0.5, 0.6) is 0 Å². The SMILES string of the molecule is c1cnc(Cc2nc(Cc3ccn4ccnc4c3)cc(N3CCOCC3)n2)nc1. The second-order valence-electron chi connectivity index (χ2n) is 6.98. The molecule has 0 N–H and O–H groups in total. The molecule has 0 saturated carbocycles. The smallest absolute Gasteiger partial charge is 0.138 e. The van der Waals surface area contributed by atoms with E-state index in [1.165, 1.54) is 0 Å². The molecule has 8 heteroatoms. The van der Waals surface area contributed by atoms with Crippen molar-refractivity contribution in [2.24, 2.45) is 0 Å². The van der Waals surface area contributed by atoms with Gasteiger partial charge in [-0.15, -0.1) is 0 Å². The molecule has 4 aromatic heterocycles. The first-order valence-corrected chi connectivity index (χ1v) is 9.70. The number of morpholine rings is 1. The summed E-state index contributed by atoms with van der Waals surface area (Å²) in [4.78, 5) is 24.9. The van der Waals surface area contributed by atoms with Gasteiger partial charge in [0.25, 0.3) is 0 Å². The third kappa shape index (κ3) is 4.07. The summed E-state index contributed by atoms with van der Waals surface area (Å²) in [6.45, 7) is 3.09. The van der Waals surface area contributed by atoms with E-state index >= 15 is 0 Å². The molecule has 0 spiro atoms. The molecular formula is C21H21N7O. The van der Waals surface area contributed by atoms with Gasteiger partial charge < -0.3 is 14.0 Å². The minimum Gasteiger partial charge on any atom is -0.378 e. The molecule has 29 heavy (non-hydrogen) atoms. The number of anilines is 1. The summed E-state index contributed by atoms with van der Waals surface area (Å²) in [7, 11) is 0. The van der Waals surface area contributed by atoms with Gasteiger partial charge in [0.15, 0.2) is 0 Å². The molecule has 0 amide bonds. The van der Waals surface area contributed by atoms with Crippen molar-refractivity contribution in [3.05, 3.63) is 78.2 Å². The average molecular weight is 387 g/mol. The summed E-state index contributed by atoms with van der Waals surface area (Å²) >= 11 is 0. The van der Waals surface area contributed by atoms with Gasteiger partial charge >= 0.3 is 0 Å². The molecule has 0 bridgehead atoms. The summed E-state index contributed by atoms with van der Waals surface area (Å²) in [5.41, 5.74) is 3.07. The molecule has 0 radical (unpaired) electrons.